The van der Waals surface area contributed by atoms with Crippen LogP contribution in [0.15, 0.2) is 27.7 Å². The van der Waals surface area contributed by atoms with Gasteiger partial charge in [0.1, 0.15) is 18.4 Å². The number of ether oxygens (including phenoxy) is 1. The molecule has 0 aromatic carbocycles. The van der Waals surface area contributed by atoms with E-state index in [1.165, 1.54) is 13.1 Å². The second-order valence-corrected chi connectivity index (χ2v) is 8.94. The lowest BCUT2D eigenvalue weighted by Gasteiger charge is -2.17. The van der Waals surface area contributed by atoms with Gasteiger partial charge in [-0.2, -0.15) is 0 Å². The van der Waals surface area contributed by atoms with Crippen LogP contribution < -0.4 is 11.2 Å². The summed E-state index contributed by atoms with van der Waals surface area (Å²) in [5.41, 5.74) is -1.06. The lowest BCUT2D eigenvalue weighted by atomic mass is 10.2. The van der Waals surface area contributed by atoms with E-state index in [1.54, 1.807) is 0 Å². The smallest absolute Gasteiger partial charge is 0.348 e. The summed E-state index contributed by atoms with van der Waals surface area (Å²) in [5, 5.41) is 0. The zero-order chi connectivity index (χ0) is 23.0. The number of H-pyrrole nitrogens is 1. The molecule has 2 rings (SSSR count). The van der Waals surface area contributed by atoms with E-state index in [-0.39, 0.29) is 12.0 Å². The number of hydrogen-bond donors (Lipinski definition) is 4. The van der Waals surface area contributed by atoms with Crippen LogP contribution in [0.2, 0.25) is 0 Å². The summed E-state index contributed by atoms with van der Waals surface area (Å²) in [7, 11) is -8.39. The van der Waals surface area contributed by atoms with Gasteiger partial charge in [0.05, 0.1) is 0 Å². The van der Waals surface area contributed by atoms with Crippen molar-refractivity contribution >= 4 is 15.2 Å². The van der Waals surface area contributed by atoms with Gasteiger partial charge in [-0.25, -0.2) is 4.79 Å². The summed E-state index contributed by atoms with van der Waals surface area (Å²) in [4.78, 5) is 52.7. The van der Waals surface area contributed by atoms with Gasteiger partial charge in [-0.3, -0.25) is 23.5 Å². The molecule has 4 N–H and O–H groups in total. The summed E-state index contributed by atoms with van der Waals surface area (Å²) < 4.78 is 34.1. The Morgan fingerprint density at radius 2 is 1.76 bits per heavy atom. The van der Waals surface area contributed by atoms with Crippen molar-refractivity contribution in [2.45, 2.75) is 59.5 Å². The van der Waals surface area contributed by atoms with Gasteiger partial charge < -0.3 is 23.9 Å². The van der Waals surface area contributed by atoms with Crippen LogP contribution in [0.25, 0.3) is 0 Å². The SMILES string of the molecule is CC.CC.Cc1cn(C2CC(OP(C)(=O)O)C(/C=C/P(=O)(O)O)O2)c(=O)[nH]c1=O. The standard InChI is InChI=1S/C12H18N2O9P2.2C2H6/c1-7-6-14(12(16)13-11(7)15)10-5-9(23-24(2,17)18)8(22-10)3-4-25(19,20)21;2*1-2/h3-4,6,8-10H,5H2,1-2H3,(H,17,18)(H,13,15,16)(H2,19,20,21);2*1-2H3/b4-3+;;. The van der Waals surface area contributed by atoms with E-state index in [9.17, 15) is 23.6 Å². The molecule has 1 aliphatic rings. The number of aromatic amines is 1. The lowest BCUT2D eigenvalue weighted by Crippen LogP contribution is -2.33. The van der Waals surface area contributed by atoms with E-state index >= 15 is 0 Å². The summed E-state index contributed by atoms with van der Waals surface area (Å²) >= 11 is 0. The molecule has 0 spiro atoms. The molecule has 1 aromatic heterocycles. The van der Waals surface area contributed by atoms with Crippen LogP contribution in [0.1, 0.15) is 45.9 Å². The van der Waals surface area contributed by atoms with Crippen LogP contribution >= 0.6 is 15.2 Å². The Bertz CT molecular complexity index is 881. The summed E-state index contributed by atoms with van der Waals surface area (Å²) in [6.45, 7) is 10.4. The maximum atomic E-state index is 11.9. The third-order valence-corrected chi connectivity index (χ3v) is 4.59. The van der Waals surface area contributed by atoms with Gasteiger partial charge in [-0.15, -0.1) is 0 Å². The summed E-state index contributed by atoms with van der Waals surface area (Å²) in [6.07, 6.45) is -0.802. The van der Waals surface area contributed by atoms with Crippen molar-refractivity contribution < 1.29 is 33.1 Å². The normalized spacial score (nSPS) is 23.6. The Hall–Kier alpha value is -1.32. The van der Waals surface area contributed by atoms with Gasteiger partial charge in [0, 0.05) is 30.7 Å². The highest BCUT2D eigenvalue weighted by Gasteiger charge is 2.39. The molecule has 1 aliphatic heterocycles. The van der Waals surface area contributed by atoms with Crippen LogP contribution in [0.5, 0.6) is 0 Å². The minimum absolute atomic E-state index is 0.0417. The van der Waals surface area contributed by atoms with Gasteiger partial charge in [0.25, 0.3) is 5.56 Å². The van der Waals surface area contributed by atoms with E-state index < -0.39 is 44.9 Å². The second kappa shape index (κ2) is 11.8. The van der Waals surface area contributed by atoms with E-state index in [1.807, 2.05) is 27.7 Å². The number of rotatable bonds is 5. The highest BCUT2D eigenvalue weighted by Crippen LogP contribution is 2.45. The Morgan fingerprint density at radius 3 is 2.24 bits per heavy atom. The molecule has 13 heteroatoms. The molecule has 1 fully saturated rings. The third kappa shape index (κ3) is 9.35. The minimum Gasteiger partial charge on any atom is -0.348 e. The molecule has 4 atom stereocenters. The zero-order valence-electron chi connectivity index (χ0n) is 17.3. The molecule has 1 saturated heterocycles. The van der Waals surface area contributed by atoms with E-state index in [4.69, 9.17) is 19.0 Å². The second-order valence-electron chi connectivity index (χ2n) is 5.65. The molecular weight excluding hydrogens is 426 g/mol. The molecule has 0 saturated carbocycles. The molecule has 2 heterocycles. The van der Waals surface area contributed by atoms with Crippen molar-refractivity contribution in [1.29, 1.82) is 0 Å². The number of nitrogens with zero attached hydrogens (tertiary/aromatic N) is 1. The Morgan fingerprint density at radius 1 is 1.21 bits per heavy atom. The predicted octanol–water partition coefficient (Wildman–Crippen LogP) is 2.08. The Kier molecular flexibility index (Phi) is 11.2. The number of aromatic nitrogens is 2. The van der Waals surface area contributed by atoms with Crippen LogP contribution in [0.4, 0.5) is 0 Å². The molecule has 0 bridgehead atoms. The zero-order valence-corrected chi connectivity index (χ0v) is 19.1. The highest BCUT2D eigenvalue weighted by molar-refractivity contribution is 7.55. The number of hydrogen-bond acceptors (Lipinski definition) is 6. The van der Waals surface area contributed by atoms with Gasteiger partial charge in [0.15, 0.2) is 0 Å². The topological polar surface area (TPSA) is 168 Å². The fraction of sp³-hybridized carbons (Fsp3) is 0.625. The molecule has 4 unspecified atom stereocenters. The van der Waals surface area contributed by atoms with Crippen LogP contribution in [0.3, 0.4) is 0 Å². The Balaban J connectivity index is 0.00000184. The molecule has 168 valence electrons. The van der Waals surface area contributed by atoms with E-state index in [2.05, 4.69) is 4.98 Å². The first-order valence-corrected chi connectivity index (χ1v) is 12.8. The van der Waals surface area contributed by atoms with Crippen molar-refractivity contribution in [2.24, 2.45) is 0 Å². The fourth-order valence-corrected chi connectivity index (χ4v) is 3.46. The van der Waals surface area contributed by atoms with E-state index in [0.29, 0.717) is 5.82 Å². The van der Waals surface area contributed by atoms with Crippen molar-refractivity contribution in [2.75, 3.05) is 6.66 Å². The lowest BCUT2D eigenvalue weighted by molar-refractivity contribution is 0.00691. The monoisotopic (exact) mass is 456 g/mol. The molecule has 0 amide bonds. The molecule has 0 aliphatic carbocycles. The largest absolute Gasteiger partial charge is 0.348 e. The number of nitrogens with one attached hydrogen (secondary N) is 1. The van der Waals surface area contributed by atoms with Crippen molar-refractivity contribution in [3.8, 4) is 0 Å². The first kappa shape index (κ1) is 27.7. The van der Waals surface area contributed by atoms with Crippen molar-refractivity contribution in [3.63, 3.8) is 0 Å². The van der Waals surface area contributed by atoms with Gasteiger partial charge in [-0.1, -0.05) is 27.7 Å². The summed E-state index contributed by atoms with van der Waals surface area (Å²) in [6, 6.07) is 0. The molecule has 29 heavy (non-hydrogen) atoms. The first-order chi connectivity index (χ1) is 13.4. The molecule has 1 aromatic rings. The van der Waals surface area contributed by atoms with Crippen LogP contribution in [-0.4, -0.2) is 43.1 Å². The molecular formula is C16H30N2O9P2. The highest BCUT2D eigenvalue weighted by atomic mass is 31.2. The van der Waals surface area contributed by atoms with Gasteiger partial charge in [-0.05, 0) is 13.0 Å². The van der Waals surface area contributed by atoms with Crippen molar-refractivity contribution in [3.05, 3.63) is 44.5 Å². The third-order valence-electron chi connectivity index (χ3n) is 3.37. The minimum atomic E-state index is -4.48. The van der Waals surface area contributed by atoms with Crippen molar-refractivity contribution in [1.82, 2.24) is 9.55 Å². The predicted molar refractivity (Wildman–Crippen MR) is 109 cm³/mol. The Labute approximate surface area is 169 Å². The van der Waals surface area contributed by atoms with Crippen LogP contribution in [0, 0.1) is 6.92 Å². The quantitative estimate of drug-likeness (QED) is 0.485. The average molecular weight is 456 g/mol. The molecule has 11 nitrogen and oxygen atoms in total. The average Bonchev–Trinajstić information content (AvgIpc) is 3.00. The van der Waals surface area contributed by atoms with Gasteiger partial charge in [0.2, 0.25) is 0 Å². The van der Waals surface area contributed by atoms with Gasteiger partial charge >= 0.3 is 20.9 Å². The maximum Gasteiger partial charge on any atom is 0.348 e. The van der Waals surface area contributed by atoms with Crippen LogP contribution in [-0.2, 0) is 18.4 Å². The number of aryl methyl sites for hydroxylation is 1. The summed E-state index contributed by atoms with van der Waals surface area (Å²) in [5.74, 6) is 0.593. The molecule has 0 radical (unpaired) electrons. The van der Waals surface area contributed by atoms with E-state index in [0.717, 1.165) is 17.3 Å². The fourth-order valence-electron chi connectivity index (χ4n) is 2.36. The maximum absolute atomic E-state index is 11.9. The first-order valence-electron chi connectivity index (χ1n) is 9.06.